The largest absolute Gasteiger partial charge is 0.361 e. The average Bonchev–Trinajstić information content (AvgIpc) is 3.04. The summed E-state index contributed by atoms with van der Waals surface area (Å²) < 4.78 is 0. The number of nitrogens with zero attached hydrogens (tertiary/aromatic N) is 1. The van der Waals surface area contributed by atoms with Crippen molar-refractivity contribution in [1.82, 2.24) is 20.8 Å². The van der Waals surface area contributed by atoms with Crippen LogP contribution in [0.15, 0.2) is 55.0 Å². The summed E-state index contributed by atoms with van der Waals surface area (Å²) in [6.07, 6.45) is 6.85. The zero-order valence-corrected chi connectivity index (χ0v) is 13.1. The Labute approximate surface area is 139 Å². The molecule has 3 aromatic rings. The van der Waals surface area contributed by atoms with E-state index in [0.717, 1.165) is 11.9 Å². The molecule has 2 amide bonds. The summed E-state index contributed by atoms with van der Waals surface area (Å²) in [4.78, 5) is 30.7. The summed E-state index contributed by atoms with van der Waals surface area (Å²) in [5.41, 5.74) is 7.50. The molecular weight excluding hydrogens is 304 g/mol. The van der Waals surface area contributed by atoms with Crippen LogP contribution in [0.1, 0.15) is 28.8 Å². The van der Waals surface area contributed by atoms with Crippen molar-refractivity contribution < 1.29 is 9.59 Å². The molecule has 6 nitrogen and oxygen atoms in total. The number of amides is 2. The lowest BCUT2D eigenvalue weighted by molar-refractivity contribution is -0.121. The lowest BCUT2D eigenvalue weighted by Crippen LogP contribution is -2.41. The first kappa shape index (κ1) is 15.7. The van der Waals surface area contributed by atoms with E-state index in [9.17, 15) is 9.59 Å². The minimum atomic E-state index is -0.381. The number of hydrogen-bond acceptors (Lipinski definition) is 3. The van der Waals surface area contributed by atoms with E-state index in [1.807, 2.05) is 24.4 Å². The van der Waals surface area contributed by atoms with Gasteiger partial charge in [-0.2, -0.15) is 0 Å². The Morgan fingerprint density at radius 2 is 1.96 bits per heavy atom. The van der Waals surface area contributed by atoms with Gasteiger partial charge in [0.2, 0.25) is 5.91 Å². The topological polar surface area (TPSA) is 86.9 Å². The predicted molar refractivity (Wildman–Crippen MR) is 91.1 cm³/mol. The number of aromatic amines is 1. The zero-order chi connectivity index (χ0) is 16.8. The normalized spacial score (nSPS) is 10.5. The van der Waals surface area contributed by atoms with Gasteiger partial charge in [-0.15, -0.1) is 0 Å². The van der Waals surface area contributed by atoms with Gasteiger partial charge in [-0.25, -0.2) is 0 Å². The SMILES string of the molecule is O=C(CCCc1c[nH]c2ccccc12)NNC(=O)c1cccnc1. The molecule has 0 radical (unpaired) electrons. The molecule has 0 aliphatic carbocycles. The van der Waals surface area contributed by atoms with Gasteiger partial charge in [-0.1, -0.05) is 18.2 Å². The van der Waals surface area contributed by atoms with E-state index in [-0.39, 0.29) is 11.8 Å². The van der Waals surface area contributed by atoms with Gasteiger partial charge < -0.3 is 4.98 Å². The lowest BCUT2D eigenvalue weighted by atomic mass is 10.1. The highest BCUT2D eigenvalue weighted by atomic mass is 16.2. The van der Waals surface area contributed by atoms with Crippen LogP contribution in [0.3, 0.4) is 0 Å². The molecule has 6 heteroatoms. The Morgan fingerprint density at radius 3 is 2.79 bits per heavy atom. The number of pyridine rings is 1. The molecule has 3 N–H and O–H groups in total. The molecule has 0 saturated heterocycles. The number of rotatable bonds is 5. The van der Waals surface area contributed by atoms with Crippen molar-refractivity contribution in [2.45, 2.75) is 19.3 Å². The molecule has 0 bridgehead atoms. The minimum absolute atomic E-state index is 0.216. The highest BCUT2D eigenvalue weighted by Gasteiger charge is 2.08. The van der Waals surface area contributed by atoms with Crippen molar-refractivity contribution in [1.29, 1.82) is 0 Å². The molecule has 122 valence electrons. The summed E-state index contributed by atoms with van der Waals surface area (Å²) in [7, 11) is 0. The van der Waals surface area contributed by atoms with Crippen LogP contribution in [0.25, 0.3) is 10.9 Å². The fourth-order valence-corrected chi connectivity index (χ4v) is 2.54. The maximum Gasteiger partial charge on any atom is 0.271 e. The van der Waals surface area contributed by atoms with Crippen molar-refractivity contribution >= 4 is 22.7 Å². The number of fused-ring (bicyclic) bond motifs is 1. The molecule has 1 aromatic carbocycles. The molecule has 0 atom stereocenters. The summed E-state index contributed by atoms with van der Waals surface area (Å²) in [5.74, 6) is -0.597. The molecule has 0 saturated carbocycles. The zero-order valence-electron chi connectivity index (χ0n) is 13.1. The third-order valence-electron chi connectivity index (χ3n) is 3.76. The van der Waals surface area contributed by atoms with Gasteiger partial charge in [0.25, 0.3) is 5.91 Å². The lowest BCUT2D eigenvalue weighted by Gasteiger charge is -2.07. The molecular formula is C18H18N4O2. The van der Waals surface area contributed by atoms with Gasteiger partial charge in [0.15, 0.2) is 0 Å². The molecule has 0 spiro atoms. The number of para-hydroxylation sites is 1. The van der Waals surface area contributed by atoms with Gasteiger partial charge in [-0.3, -0.25) is 25.4 Å². The third-order valence-corrected chi connectivity index (χ3v) is 3.76. The third kappa shape index (κ3) is 3.78. The second-order valence-corrected chi connectivity index (χ2v) is 5.46. The van der Waals surface area contributed by atoms with Crippen LogP contribution >= 0.6 is 0 Å². The van der Waals surface area contributed by atoms with Crippen LogP contribution < -0.4 is 10.9 Å². The van der Waals surface area contributed by atoms with E-state index in [1.165, 1.54) is 17.1 Å². The van der Waals surface area contributed by atoms with Crippen LogP contribution in [-0.4, -0.2) is 21.8 Å². The summed E-state index contributed by atoms with van der Waals surface area (Å²) >= 11 is 0. The first-order chi connectivity index (χ1) is 11.7. The van der Waals surface area contributed by atoms with Crippen molar-refractivity contribution in [2.24, 2.45) is 0 Å². The highest BCUT2D eigenvalue weighted by molar-refractivity contribution is 5.95. The van der Waals surface area contributed by atoms with E-state index in [4.69, 9.17) is 0 Å². The number of nitrogens with one attached hydrogen (secondary N) is 3. The molecule has 0 fully saturated rings. The molecule has 0 unspecified atom stereocenters. The van der Waals surface area contributed by atoms with Crippen LogP contribution in [-0.2, 0) is 11.2 Å². The molecule has 24 heavy (non-hydrogen) atoms. The van der Waals surface area contributed by atoms with Crippen LogP contribution in [0, 0.1) is 0 Å². The summed E-state index contributed by atoms with van der Waals surface area (Å²) in [6.45, 7) is 0. The molecule has 3 rings (SSSR count). The van der Waals surface area contributed by atoms with E-state index in [1.54, 1.807) is 18.3 Å². The number of H-pyrrole nitrogens is 1. The Balaban J connectivity index is 1.44. The summed E-state index contributed by atoms with van der Waals surface area (Å²) in [5, 5.41) is 1.18. The summed E-state index contributed by atoms with van der Waals surface area (Å²) in [6, 6.07) is 11.4. The first-order valence-corrected chi connectivity index (χ1v) is 7.78. The number of carbonyl (C=O) groups excluding carboxylic acids is 2. The second kappa shape index (κ2) is 7.41. The number of carbonyl (C=O) groups is 2. The predicted octanol–water partition coefficient (Wildman–Crippen LogP) is 2.35. The van der Waals surface area contributed by atoms with Gasteiger partial charge in [0.05, 0.1) is 5.56 Å². The standard InChI is InChI=1S/C18H18N4O2/c23-17(21-22-18(24)14-6-4-10-19-11-14)9-3-5-13-12-20-16-8-2-1-7-15(13)16/h1-2,4,6-8,10-12,20H,3,5,9H2,(H,21,23)(H,22,24). The molecule has 2 heterocycles. The second-order valence-electron chi connectivity index (χ2n) is 5.46. The van der Waals surface area contributed by atoms with Crippen molar-refractivity contribution in [3.63, 3.8) is 0 Å². The number of hydrogen-bond donors (Lipinski definition) is 3. The van der Waals surface area contributed by atoms with E-state index in [0.29, 0.717) is 18.4 Å². The minimum Gasteiger partial charge on any atom is -0.361 e. The number of aromatic nitrogens is 2. The Hall–Kier alpha value is -3.15. The number of aryl methyl sites for hydroxylation is 1. The number of benzene rings is 1. The maximum atomic E-state index is 11.8. The fourth-order valence-electron chi connectivity index (χ4n) is 2.54. The van der Waals surface area contributed by atoms with E-state index < -0.39 is 0 Å². The van der Waals surface area contributed by atoms with E-state index in [2.05, 4.69) is 26.9 Å². The fraction of sp³-hybridized carbons (Fsp3) is 0.167. The molecule has 0 aliphatic heterocycles. The van der Waals surface area contributed by atoms with Gasteiger partial charge in [0, 0.05) is 35.9 Å². The Kier molecular flexibility index (Phi) is 4.86. The van der Waals surface area contributed by atoms with Gasteiger partial charge in [0.1, 0.15) is 0 Å². The first-order valence-electron chi connectivity index (χ1n) is 7.78. The quantitative estimate of drug-likeness (QED) is 0.630. The van der Waals surface area contributed by atoms with Crippen LogP contribution in [0.4, 0.5) is 0 Å². The van der Waals surface area contributed by atoms with Crippen molar-refractivity contribution in [2.75, 3.05) is 0 Å². The molecule has 0 aliphatic rings. The smallest absolute Gasteiger partial charge is 0.271 e. The van der Waals surface area contributed by atoms with Crippen molar-refractivity contribution in [3.8, 4) is 0 Å². The van der Waals surface area contributed by atoms with Gasteiger partial charge in [-0.05, 0) is 36.6 Å². The molecule has 2 aromatic heterocycles. The monoisotopic (exact) mass is 322 g/mol. The average molecular weight is 322 g/mol. The van der Waals surface area contributed by atoms with Crippen LogP contribution in [0.5, 0.6) is 0 Å². The number of hydrazine groups is 1. The Bertz CT molecular complexity index is 842. The van der Waals surface area contributed by atoms with Gasteiger partial charge >= 0.3 is 0 Å². The van der Waals surface area contributed by atoms with Crippen molar-refractivity contribution in [3.05, 3.63) is 66.1 Å². The maximum absolute atomic E-state index is 11.8. The van der Waals surface area contributed by atoms with E-state index >= 15 is 0 Å². The highest BCUT2D eigenvalue weighted by Crippen LogP contribution is 2.19. The van der Waals surface area contributed by atoms with Crippen LogP contribution in [0.2, 0.25) is 0 Å². The Morgan fingerprint density at radius 1 is 1.08 bits per heavy atom.